The average Bonchev–Trinajstić information content (AvgIpc) is 3.21. The van der Waals surface area contributed by atoms with E-state index in [0.717, 1.165) is 44.6 Å². The Bertz CT molecular complexity index is 757. The fraction of sp³-hybridized carbons (Fsp3) is 0.438. The smallest absolute Gasteiger partial charge is 0.0858 e. The third-order valence-electron chi connectivity index (χ3n) is 4.34. The van der Waals surface area contributed by atoms with Crippen LogP contribution < -0.4 is 5.32 Å². The van der Waals surface area contributed by atoms with E-state index in [1.54, 1.807) is 11.5 Å². The Balaban J connectivity index is 1.44. The van der Waals surface area contributed by atoms with Gasteiger partial charge < -0.3 is 5.32 Å². The van der Waals surface area contributed by atoms with E-state index in [4.69, 9.17) is 0 Å². The van der Waals surface area contributed by atoms with Gasteiger partial charge in [-0.3, -0.25) is 4.68 Å². The van der Waals surface area contributed by atoms with Crippen molar-refractivity contribution in [3.8, 4) is 0 Å². The molecule has 0 unspecified atom stereocenters. The lowest BCUT2D eigenvalue weighted by atomic mass is 9.95. The molecule has 0 aliphatic carbocycles. The van der Waals surface area contributed by atoms with Gasteiger partial charge in [0.15, 0.2) is 0 Å². The van der Waals surface area contributed by atoms with E-state index < -0.39 is 0 Å². The second kappa shape index (κ2) is 6.14. The van der Waals surface area contributed by atoms with Gasteiger partial charge >= 0.3 is 0 Å². The summed E-state index contributed by atoms with van der Waals surface area (Å²) in [6.07, 6.45) is 5.34. The van der Waals surface area contributed by atoms with E-state index in [1.165, 1.54) is 15.8 Å². The number of piperidine rings is 1. The predicted molar refractivity (Wildman–Crippen MR) is 88.2 cm³/mol. The summed E-state index contributed by atoms with van der Waals surface area (Å²) in [6.45, 7) is 3.01. The van der Waals surface area contributed by atoms with Crippen molar-refractivity contribution in [2.45, 2.75) is 31.7 Å². The molecule has 0 amide bonds. The maximum absolute atomic E-state index is 4.58. The number of fused-ring (bicyclic) bond motifs is 1. The van der Waals surface area contributed by atoms with Gasteiger partial charge in [0.1, 0.15) is 0 Å². The average molecular weight is 313 g/mol. The first kappa shape index (κ1) is 13.8. The summed E-state index contributed by atoms with van der Waals surface area (Å²) in [7, 11) is 0. The van der Waals surface area contributed by atoms with Crippen LogP contribution in [-0.4, -0.2) is 32.5 Å². The number of aromatic nitrogens is 4. The van der Waals surface area contributed by atoms with Crippen LogP contribution in [0.4, 0.5) is 0 Å². The van der Waals surface area contributed by atoms with Gasteiger partial charge in [-0.25, -0.2) is 0 Å². The molecular weight excluding hydrogens is 294 g/mol. The number of nitrogens with zero attached hydrogens (tertiary/aromatic N) is 4. The first-order valence-corrected chi connectivity index (χ1v) is 8.61. The maximum atomic E-state index is 4.58. The third kappa shape index (κ3) is 2.76. The molecule has 3 aromatic rings. The highest BCUT2D eigenvalue weighted by molar-refractivity contribution is 7.13. The first-order valence-electron chi connectivity index (χ1n) is 7.84. The fourth-order valence-electron chi connectivity index (χ4n) is 3.07. The summed E-state index contributed by atoms with van der Waals surface area (Å²) in [5.41, 5.74) is 2.31. The van der Waals surface area contributed by atoms with Crippen molar-refractivity contribution in [2.24, 2.45) is 0 Å². The summed E-state index contributed by atoms with van der Waals surface area (Å²) < 4.78 is 7.80. The summed E-state index contributed by atoms with van der Waals surface area (Å²) in [4.78, 5) is 0. The minimum absolute atomic E-state index is 0.565. The van der Waals surface area contributed by atoms with E-state index in [1.807, 2.05) is 4.68 Å². The fourth-order valence-corrected chi connectivity index (χ4v) is 3.89. The Morgan fingerprint density at radius 2 is 2.09 bits per heavy atom. The van der Waals surface area contributed by atoms with Crippen molar-refractivity contribution >= 4 is 21.6 Å². The minimum Gasteiger partial charge on any atom is -0.317 e. The van der Waals surface area contributed by atoms with Crippen molar-refractivity contribution in [1.82, 2.24) is 24.7 Å². The van der Waals surface area contributed by atoms with Crippen LogP contribution in [0, 0.1) is 0 Å². The van der Waals surface area contributed by atoms with Crippen LogP contribution in [0.2, 0.25) is 0 Å². The van der Waals surface area contributed by atoms with Crippen molar-refractivity contribution in [3.63, 3.8) is 0 Å². The minimum atomic E-state index is 0.565. The van der Waals surface area contributed by atoms with Gasteiger partial charge in [-0.15, -0.1) is 5.10 Å². The molecule has 1 N–H and O–H groups in total. The van der Waals surface area contributed by atoms with Crippen molar-refractivity contribution in [1.29, 1.82) is 0 Å². The molecule has 1 aromatic carbocycles. The van der Waals surface area contributed by atoms with Crippen molar-refractivity contribution < 1.29 is 0 Å². The molecule has 4 rings (SSSR count). The zero-order valence-electron chi connectivity index (χ0n) is 12.4. The standard InChI is InChI=1S/C16H19N5S/c1-2-4-16-13(3-1)14(19-22-16)7-10-21-11-15(18-20-21)12-5-8-17-9-6-12/h1-4,11-12,17H,5-10H2. The normalized spacial score (nSPS) is 16.4. The van der Waals surface area contributed by atoms with Gasteiger partial charge in [0.25, 0.3) is 0 Å². The first-order chi connectivity index (χ1) is 10.9. The number of nitrogens with one attached hydrogen (secondary N) is 1. The number of aryl methyl sites for hydroxylation is 2. The zero-order valence-corrected chi connectivity index (χ0v) is 13.2. The monoisotopic (exact) mass is 313 g/mol. The van der Waals surface area contributed by atoms with Crippen LogP contribution in [0.1, 0.15) is 30.1 Å². The maximum Gasteiger partial charge on any atom is 0.0858 e. The molecule has 3 heterocycles. The van der Waals surface area contributed by atoms with Crippen LogP contribution in [0.25, 0.3) is 10.1 Å². The van der Waals surface area contributed by atoms with E-state index in [2.05, 4.69) is 50.5 Å². The van der Waals surface area contributed by atoms with Crippen LogP contribution in [0.5, 0.6) is 0 Å². The molecule has 114 valence electrons. The Morgan fingerprint density at radius 1 is 1.23 bits per heavy atom. The third-order valence-corrected chi connectivity index (χ3v) is 5.21. The van der Waals surface area contributed by atoms with Gasteiger partial charge in [0, 0.05) is 30.5 Å². The molecule has 5 nitrogen and oxygen atoms in total. The van der Waals surface area contributed by atoms with Gasteiger partial charge in [-0.05, 0) is 43.5 Å². The lowest BCUT2D eigenvalue weighted by Gasteiger charge is -2.19. The Hall–Kier alpha value is -1.79. The highest BCUT2D eigenvalue weighted by atomic mass is 32.1. The SMILES string of the molecule is c1ccc2c(CCn3cc(C4CCNCC4)nn3)nsc2c1. The summed E-state index contributed by atoms with van der Waals surface area (Å²) >= 11 is 1.57. The molecule has 0 spiro atoms. The van der Waals surface area contributed by atoms with E-state index in [9.17, 15) is 0 Å². The summed E-state index contributed by atoms with van der Waals surface area (Å²) in [5.74, 6) is 0.565. The van der Waals surface area contributed by atoms with Crippen LogP contribution in [-0.2, 0) is 13.0 Å². The Kier molecular flexibility index (Phi) is 3.86. The Morgan fingerprint density at radius 3 is 3.00 bits per heavy atom. The summed E-state index contributed by atoms with van der Waals surface area (Å²) in [6, 6.07) is 8.41. The highest BCUT2D eigenvalue weighted by Gasteiger charge is 2.18. The molecule has 22 heavy (non-hydrogen) atoms. The second-order valence-corrected chi connectivity index (χ2v) is 6.61. The molecule has 0 radical (unpaired) electrons. The van der Waals surface area contributed by atoms with Crippen molar-refractivity contribution in [2.75, 3.05) is 13.1 Å². The number of rotatable bonds is 4. The van der Waals surface area contributed by atoms with Crippen LogP contribution >= 0.6 is 11.5 Å². The largest absolute Gasteiger partial charge is 0.317 e. The van der Waals surface area contributed by atoms with Gasteiger partial charge in [0.2, 0.25) is 0 Å². The Labute approximate surface area is 133 Å². The summed E-state index contributed by atoms with van der Waals surface area (Å²) in [5, 5.41) is 13.3. The van der Waals surface area contributed by atoms with E-state index in [0.29, 0.717) is 5.92 Å². The molecule has 0 bridgehead atoms. The molecule has 1 aliphatic heterocycles. The molecular formula is C16H19N5S. The topological polar surface area (TPSA) is 55.6 Å². The molecule has 1 saturated heterocycles. The molecule has 6 heteroatoms. The quantitative estimate of drug-likeness (QED) is 0.804. The second-order valence-electron chi connectivity index (χ2n) is 5.81. The van der Waals surface area contributed by atoms with Gasteiger partial charge in [-0.1, -0.05) is 23.4 Å². The number of hydrogen-bond acceptors (Lipinski definition) is 5. The lowest BCUT2D eigenvalue weighted by molar-refractivity contribution is 0.453. The van der Waals surface area contributed by atoms with Gasteiger partial charge in [-0.2, -0.15) is 4.37 Å². The lowest BCUT2D eigenvalue weighted by Crippen LogP contribution is -2.26. The van der Waals surface area contributed by atoms with Crippen LogP contribution in [0.15, 0.2) is 30.5 Å². The van der Waals surface area contributed by atoms with Crippen LogP contribution in [0.3, 0.4) is 0 Å². The van der Waals surface area contributed by atoms with E-state index in [-0.39, 0.29) is 0 Å². The number of hydrogen-bond donors (Lipinski definition) is 1. The van der Waals surface area contributed by atoms with Crippen molar-refractivity contribution in [3.05, 3.63) is 41.9 Å². The van der Waals surface area contributed by atoms with Gasteiger partial charge in [0.05, 0.1) is 16.1 Å². The van der Waals surface area contributed by atoms with E-state index >= 15 is 0 Å². The predicted octanol–water partition coefficient (Wildman–Crippen LogP) is 2.60. The zero-order chi connectivity index (χ0) is 14.8. The molecule has 0 saturated carbocycles. The molecule has 1 fully saturated rings. The molecule has 0 atom stereocenters. The molecule has 1 aliphatic rings. The molecule has 2 aromatic heterocycles. The highest BCUT2D eigenvalue weighted by Crippen LogP contribution is 2.24. The number of benzene rings is 1.